The molecule has 1 amide bonds. The lowest BCUT2D eigenvalue weighted by Crippen LogP contribution is -2.39. The number of amides is 1. The molecule has 4 rings (SSSR count). The average Bonchev–Trinajstić information content (AvgIpc) is 3.23. The van der Waals surface area contributed by atoms with Gasteiger partial charge in [0.2, 0.25) is 5.91 Å². The maximum Gasteiger partial charge on any atom is 0.229 e. The Balaban J connectivity index is 1.60. The minimum Gasteiger partial charge on any atom is -0.364 e. The minimum atomic E-state index is 0.113. The van der Waals surface area contributed by atoms with E-state index >= 15 is 0 Å². The molecule has 1 aliphatic rings. The van der Waals surface area contributed by atoms with Gasteiger partial charge in [-0.2, -0.15) is 0 Å². The van der Waals surface area contributed by atoms with E-state index in [0.29, 0.717) is 12.1 Å². The van der Waals surface area contributed by atoms with Crippen LogP contribution in [-0.4, -0.2) is 27.5 Å². The molecule has 1 fully saturated rings. The number of nitrogens with zero attached hydrogens (tertiary/aromatic N) is 2. The Morgan fingerprint density at radius 2 is 2.22 bits per heavy atom. The number of hydrogen-bond acceptors (Lipinski definition) is 3. The summed E-state index contributed by atoms with van der Waals surface area (Å²) in [5, 5.41) is 5.04. The van der Waals surface area contributed by atoms with Crippen molar-refractivity contribution in [2.24, 2.45) is 0 Å². The Morgan fingerprint density at radius 1 is 1.30 bits per heavy atom. The van der Waals surface area contributed by atoms with Crippen molar-refractivity contribution < 1.29 is 9.32 Å². The normalized spacial score (nSPS) is 18.4. The van der Waals surface area contributed by atoms with Crippen LogP contribution in [0.3, 0.4) is 0 Å². The van der Waals surface area contributed by atoms with Crippen LogP contribution in [0.15, 0.2) is 47.2 Å². The second-order valence-corrected chi connectivity index (χ2v) is 6.08. The fourth-order valence-electron chi connectivity index (χ4n) is 3.41. The van der Waals surface area contributed by atoms with Crippen LogP contribution >= 0.6 is 0 Å². The molecule has 118 valence electrons. The summed E-state index contributed by atoms with van der Waals surface area (Å²) in [5.74, 6) is 0.113. The molecule has 0 radical (unpaired) electrons. The van der Waals surface area contributed by atoms with Crippen LogP contribution in [0.1, 0.15) is 36.7 Å². The maximum absolute atomic E-state index is 12.7. The van der Waals surface area contributed by atoms with E-state index < -0.39 is 0 Å². The number of para-hydroxylation sites is 1. The van der Waals surface area contributed by atoms with Crippen molar-refractivity contribution in [1.29, 1.82) is 0 Å². The first-order valence-corrected chi connectivity index (χ1v) is 8.07. The standard InChI is InChI=1S/C18H19N3O2/c22-18(12-14-8-10-23-20-14)21-9-4-3-7-17(21)16-11-13-5-1-2-6-15(13)19-16/h1-2,5-6,8,10-11,17,19H,3-4,7,9,12H2. The zero-order valence-electron chi connectivity index (χ0n) is 12.9. The third kappa shape index (κ3) is 2.74. The highest BCUT2D eigenvalue weighted by molar-refractivity contribution is 5.82. The molecule has 0 bridgehead atoms. The van der Waals surface area contributed by atoms with E-state index in [1.165, 1.54) is 11.6 Å². The zero-order chi connectivity index (χ0) is 15.6. The first-order chi connectivity index (χ1) is 11.3. The Bertz CT molecular complexity index is 774. The van der Waals surface area contributed by atoms with E-state index in [4.69, 9.17) is 4.52 Å². The highest BCUT2D eigenvalue weighted by Gasteiger charge is 2.29. The molecule has 1 aliphatic heterocycles. The molecule has 5 heteroatoms. The molecule has 3 heterocycles. The number of nitrogens with one attached hydrogen (secondary N) is 1. The SMILES string of the molecule is O=C(Cc1ccon1)N1CCCCC1c1cc2ccccc2[nH]1. The van der Waals surface area contributed by atoms with Gasteiger partial charge in [-0.05, 0) is 36.8 Å². The van der Waals surface area contributed by atoms with E-state index in [2.05, 4.69) is 28.3 Å². The summed E-state index contributed by atoms with van der Waals surface area (Å²) in [5.41, 5.74) is 2.94. The Labute approximate surface area is 134 Å². The topological polar surface area (TPSA) is 62.1 Å². The van der Waals surface area contributed by atoms with Crippen LogP contribution in [0, 0.1) is 0 Å². The molecule has 23 heavy (non-hydrogen) atoms. The van der Waals surface area contributed by atoms with Crippen molar-refractivity contribution in [3.05, 3.63) is 54.0 Å². The van der Waals surface area contributed by atoms with Gasteiger partial charge in [-0.1, -0.05) is 23.4 Å². The monoisotopic (exact) mass is 309 g/mol. The summed E-state index contributed by atoms with van der Waals surface area (Å²) in [7, 11) is 0. The quantitative estimate of drug-likeness (QED) is 0.806. The number of aromatic nitrogens is 2. The zero-order valence-corrected chi connectivity index (χ0v) is 12.9. The van der Waals surface area contributed by atoms with Crippen LogP contribution in [0.25, 0.3) is 10.9 Å². The Kier molecular flexibility index (Phi) is 3.61. The van der Waals surface area contributed by atoms with E-state index in [0.717, 1.165) is 37.0 Å². The van der Waals surface area contributed by atoms with Gasteiger partial charge >= 0.3 is 0 Å². The largest absolute Gasteiger partial charge is 0.364 e. The van der Waals surface area contributed by atoms with Gasteiger partial charge in [0.05, 0.1) is 18.2 Å². The first kappa shape index (κ1) is 14.1. The predicted octanol–water partition coefficient (Wildman–Crippen LogP) is 3.45. The molecule has 1 atom stereocenters. The van der Waals surface area contributed by atoms with Crippen LogP contribution in [0.4, 0.5) is 0 Å². The summed E-state index contributed by atoms with van der Waals surface area (Å²) in [4.78, 5) is 18.2. The van der Waals surface area contributed by atoms with Gasteiger partial charge in [-0.25, -0.2) is 0 Å². The van der Waals surface area contributed by atoms with Crippen molar-refractivity contribution in [1.82, 2.24) is 15.0 Å². The van der Waals surface area contributed by atoms with Crippen molar-refractivity contribution in [3.8, 4) is 0 Å². The number of H-pyrrole nitrogens is 1. The van der Waals surface area contributed by atoms with E-state index in [9.17, 15) is 4.79 Å². The van der Waals surface area contributed by atoms with Gasteiger partial charge in [0.1, 0.15) is 6.26 Å². The molecular formula is C18H19N3O2. The van der Waals surface area contributed by atoms with Crippen LogP contribution in [0.2, 0.25) is 0 Å². The second-order valence-electron chi connectivity index (χ2n) is 6.08. The van der Waals surface area contributed by atoms with Gasteiger partial charge in [0.25, 0.3) is 0 Å². The van der Waals surface area contributed by atoms with E-state index in [1.807, 2.05) is 17.0 Å². The molecular weight excluding hydrogens is 290 g/mol. The molecule has 1 aromatic carbocycles. The van der Waals surface area contributed by atoms with E-state index in [-0.39, 0.29) is 11.9 Å². The smallest absolute Gasteiger partial charge is 0.229 e. The van der Waals surface area contributed by atoms with Crippen molar-refractivity contribution in [2.75, 3.05) is 6.54 Å². The molecule has 1 unspecified atom stereocenters. The predicted molar refractivity (Wildman–Crippen MR) is 86.8 cm³/mol. The summed E-state index contributed by atoms with van der Waals surface area (Å²) in [6, 6.07) is 12.3. The van der Waals surface area contributed by atoms with E-state index in [1.54, 1.807) is 6.07 Å². The molecule has 5 nitrogen and oxygen atoms in total. The lowest BCUT2D eigenvalue weighted by molar-refractivity contribution is -0.134. The van der Waals surface area contributed by atoms with Gasteiger partial charge < -0.3 is 14.4 Å². The number of rotatable bonds is 3. The summed E-state index contributed by atoms with van der Waals surface area (Å²) >= 11 is 0. The lowest BCUT2D eigenvalue weighted by atomic mass is 9.98. The van der Waals surface area contributed by atoms with Crippen molar-refractivity contribution >= 4 is 16.8 Å². The fourth-order valence-corrected chi connectivity index (χ4v) is 3.41. The first-order valence-electron chi connectivity index (χ1n) is 8.07. The Morgan fingerprint density at radius 3 is 3.04 bits per heavy atom. The van der Waals surface area contributed by atoms with Crippen LogP contribution in [0.5, 0.6) is 0 Å². The number of benzene rings is 1. The Hall–Kier alpha value is -2.56. The number of piperidine rings is 1. The summed E-state index contributed by atoms with van der Waals surface area (Å²) in [6.07, 6.45) is 5.01. The lowest BCUT2D eigenvalue weighted by Gasteiger charge is -2.35. The number of carbonyl (C=O) groups excluding carboxylic acids is 1. The van der Waals surface area contributed by atoms with Crippen molar-refractivity contribution in [2.45, 2.75) is 31.7 Å². The highest BCUT2D eigenvalue weighted by atomic mass is 16.5. The van der Waals surface area contributed by atoms with Gasteiger partial charge in [-0.15, -0.1) is 0 Å². The summed E-state index contributed by atoms with van der Waals surface area (Å²) in [6.45, 7) is 0.802. The van der Waals surface area contributed by atoms with Gasteiger partial charge in [0.15, 0.2) is 0 Å². The van der Waals surface area contributed by atoms with Gasteiger partial charge in [0, 0.05) is 23.8 Å². The summed E-state index contributed by atoms with van der Waals surface area (Å²) < 4.78 is 4.83. The van der Waals surface area contributed by atoms with Crippen LogP contribution < -0.4 is 0 Å². The number of fused-ring (bicyclic) bond motifs is 1. The second kappa shape index (κ2) is 5.91. The molecule has 3 aromatic rings. The molecule has 1 N–H and O–H groups in total. The fraction of sp³-hybridized carbons (Fsp3) is 0.333. The van der Waals surface area contributed by atoms with Crippen molar-refractivity contribution in [3.63, 3.8) is 0 Å². The molecule has 0 aliphatic carbocycles. The maximum atomic E-state index is 12.7. The van der Waals surface area contributed by atoms with Crippen LogP contribution in [-0.2, 0) is 11.2 Å². The third-order valence-corrected chi connectivity index (χ3v) is 4.56. The molecule has 0 saturated carbocycles. The average molecular weight is 309 g/mol. The number of aromatic amines is 1. The molecule has 0 spiro atoms. The number of likely N-dealkylation sites (tertiary alicyclic amines) is 1. The molecule has 2 aromatic heterocycles. The molecule has 1 saturated heterocycles. The number of carbonyl (C=O) groups is 1. The minimum absolute atomic E-state index is 0.113. The third-order valence-electron chi connectivity index (χ3n) is 4.56. The van der Waals surface area contributed by atoms with Gasteiger partial charge in [-0.3, -0.25) is 4.79 Å². The highest BCUT2D eigenvalue weighted by Crippen LogP contribution is 2.32. The number of hydrogen-bond donors (Lipinski definition) is 1.